The Balaban J connectivity index is 4.69. The van der Waals surface area contributed by atoms with Gasteiger partial charge in [0.1, 0.15) is 0 Å². The summed E-state index contributed by atoms with van der Waals surface area (Å²) in [6.45, 7) is 8.29. The highest BCUT2D eigenvalue weighted by Crippen LogP contribution is 2.02. The fourth-order valence-electron chi connectivity index (χ4n) is 1.56. The largest absolute Gasteiger partial charge is 0.445 e. The maximum absolute atomic E-state index is 11.1. The van der Waals surface area contributed by atoms with Gasteiger partial charge in [0, 0.05) is 13.8 Å². The van der Waals surface area contributed by atoms with Crippen LogP contribution < -0.4 is 0 Å². The molecule has 2 atom stereocenters. The van der Waals surface area contributed by atoms with Gasteiger partial charge in [-0.25, -0.2) is 0 Å². The van der Waals surface area contributed by atoms with E-state index in [2.05, 4.69) is 37.2 Å². The highest BCUT2D eigenvalue weighted by Gasteiger charge is 2.03. The van der Waals surface area contributed by atoms with Crippen LogP contribution in [0.25, 0.3) is 0 Å². The molecule has 124 valence electrons. The van der Waals surface area contributed by atoms with Gasteiger partial charge in [-0.1, -0.05) is 32.4 Å². The monoisotopic (exact) mass is 316 g/mol. The average molecular weight is 316 g/mol. The second-order valence-electron chi connectivity index (χ2n) is 4.76. The van der Waals surface area contributed by atoms with E-state index in [1.165, 1.54) is 26.3 Å². The van der Waals surface area contributed by atoms with Crippen LogP contribution in [0.3, 0.4) is 0 Å². The summed E-state index contributed by atoms with van der Waals surface area (Å²) in [7, 11) is 0. The summed E-state index contributed by atoms with van der Waals surface area (Å²) in [4.78, 5) is 21.9. The second-order valence-corrected chi connectivity index (χ2v) is 4.76. The lowest BCUT2D eigenvalue weighted by Crippen LogP contribution is -2.11. The highest BCUT2D eigenvalue weighted by atomic mass is 16.5. The molecule has 0 bridgehead atoms. The number of allylic oxidation sites excluding steroid dienone is 1. The smallest absolute Gasteiger partial charge is 0.304 e. The van der Waals surface area contributed by atoms with Crippen molar-refractivity contribution in [3.63, 3.8) is 0 Å². The molecule has 0 aliphatic carbocycles. The topological polar surface area (TPSA) is 52.6 Å². The molecular weight excluding hydrogens is 292 g/mol. The Morgan fingerprint density at radius 3 is 2.13 bits per heavy atom. The molecule has 0 rings (SSSR count). The lowest BCUT2D eigenvalue weighted by atomic mass is 10.2. The number of rotatable bonds is 8. The van der Waals surface area contributed by atoms with Crippen molar-refractivity contribution in [1.82, 2.24) is 0 Å². The maximum atomic E-state index is 11.1. The summed E-state index contributed by atoms with van der Waals surface area (Å²) in [5.74, 6) is 9.72. The van der Waals surface area contributed by atoms with E-state index in [1.807, 2.05) is 6.08 Å². The quantitative estimate of drug-likeness (QED) is 0.299. The Bertz CT molecular complexity index is 537. The van der Waals surface area contributed by atoms with Crippen LogP contribution in [0.5, 0.6) is 0 Å². The molecule has 0 radical (unpaired) electrons. The lowest BCUT2D eigenvalue weighted by molar-refractivity contribution is -0.143. The van der Waals surface area contributed by atoms with E-state index in [-0.39, 0.29) is 0 Å². The molecule has 0 N–H and O–H groups in total. The van der Waals surface area contributed by atoms with Crippen LogP contribution in [0.15, 0.2) is 24.8 Å². The number of unbranched alkanes of at least 4 members (excludes halogenated alkanes) is 3. The highest BCUT2D eigenvalue weighted by molar-refractivity contribution is 5.67. The summed E-state index contributed by atoms with van der Waals surface area (Å²) in [5, 5.41) is 0. The molecule has 0 aliphatic heterocycles. The van der Waals surface area contributed by atoms with Crippen LogP contribution in [-0.2, 0) is 19.1 Å². The molecular formula is C19H24O4. The average Bonchev–Trinajstić information content (AvgIpc) is 2.48. The summed E-state index contributed by atoms with van der Waals surface area (Å²) in [6.07, 6.45) is 8.13. The third kappa shape index (κ3) is 13.0. The molecule has 0 aromatic rings. The van der Waals surface area contributed by atoms with E-state index >= 15 is 0 Å². The van der Waals surface area contributed by atoms with Gasteiger partial charge in [0.2, 0.25) is 0 Å². The van der Waals surface area contributed by atoms with E-state index < -0.39 is 24.1 Å². The fraction of sp³-hybridized carbons (Fsp3) is 0.474. The minimum atomic E-state index is -0.696. The first-order chi connectivity index (χ1) is 11.0. The first-order valence-corrected chi connectivity index (χ1v) is 7.64. The number of hydrogen-bond acceptors (Lipinski definition) is 4. The van der Waals surface area contributed by atoms with Crippen LogP contribution in [-0.4, -0.2) is 24.1 Å². The van der Waals surface area contributed by atoms with Crippen molar-refractivity contribution in [3.05, 3.63) is 24.8 Å². The van der Waals surface area contributed by atoms with E-state index in [1.54, 1.807) is 6.08 Å². The minimum absolute atomic E-state index is 0.403. The summed E-state index contributed by atoms with van der Waals surface area (Å²) in [6, 6.07) is 0. The minimum Gasteiger partial charge on any atom is -0.445 e. The Hall–Kier alpha value is -2.46. The third-order valence-corrected chi connectivity index (χ3v) is 2.58. The molecule has 0 unspecified atom stereocenters. The zero-order chi connectivity index (χ0) is 17.5. The van der Waals surface area contributed by atoms with Crippen molar-refractivity contribution in [2.45, 2.75) is 58.7 Å². The summed E-state index contributed by atoms with van der Waals surface area (Å²) in [5.41, 5.74) is 0. The molecule has 0 aliphatic rings. The lowest BCUT2D eigenvalue weighted by Gasteiger charge is -2.05. The van der Waals surface area contributed by atoms with E-state index in [0.29, 0.717) is 0 Å². The Labute approximate surface area is 138 Å². The van der Waals surface area contributed by atoms with Crippen LogP contribution in [0, 0.1) is 23.7 Å². The predicted octanol–water partition coefficient (Wildman–Crippen LogP) is 3.18. The third-order valence-electron chi connectivity index (χ3n) is 2.58. The van der Waals surface area contributed by atoms with Crippen molar-refractivity contribution >= 4 is 11.9 Å². The van der Waals surface area contributed by atoms with Crippen LogP contribution >= 0.6 is 0 Å². The van der Waals surface area contributed by atoms with Gasteiger partial charge in [-0.3, -0.25) is 9.59 Å². The normalized spacial score (nSPS) is 12.1. The van der Waals surface area contributed by atoms with Crippen molar-refractivity contribution in [2.75, 3.05) is 0 Å². The van der Waals surface area contributed by atoms with Gasteiger partial charge in [0.25, 0.3) is 0 Å². The predicted molar refractivity (Wildman–Crippen MR) is 90.1 cm³/mol. The molecule has 0 fully saturated rings. The maximum Gasteiger partial charge on any atom is 0.304 e. The van der Waals surface area contributed by atoms with Crippen molar-refractivity contribution in [2.24, 2.45) is 0 Å². The summed E-state index contributed by atoms with van der Waals surface area (Å²) >= 11 is 0. The van der Waals surface area contributed by atoms with Gasteiger partial charge in [-0.2, -0.15) is 0 Å². The van der Waals surface area contributed by atoms with Crippen molar-refractivity contribution < 1.29 is 19.1 Å². The first-order valence-electron chi connectivity index (χ1n) is 7.64. The Morgan fingerprint density at radius 1 is 1.04 bits per heavy atom. The number of carbonyl (C=O) groups excluding carboxylic acids is 2. The van der Waals surface area contributed by atoms with E-state index in [0.717, 1.165) is 19.3 Å². The molecule has 23 heavy (non-hydrogen) atoms. The standard InChI is InChI=1S/C19H24O4/c1-5-7-8-9-10-14-19(23-17(4)21)15-12-11-13-18(6-2)22-16(3)20/h6,10,14,18-19H,2,5,7-9H2,1,3-4H3/b14-10-/t18-,19-/m0/s1. The molecule has 0 spiro atoms. The molecule has 0 amide bonds. The van der Waals surface area contributed by atoms with E-state index in [9.17, 15) is 9.59 Å². The fourth-order valence-corrected chi connectivity index (χ4v) is 1.56. The van der Waals surface area contributed by atoms with Gasteiger partial charge in [-0.05, 0) is 48.7 Å². The Kier molecular flexibility index (Phi) is 11.8. The summed E-state index contributed by atoms with van der Waals surface area (Å²) < 4.78 is 9.96. The van der Waals surface area contributed by atoms with Crippen molar-refractivity contribution in [3.8, 4) is 23.7 Å². The molecule has 4 nitrogen and oxygen atoms in total. The number of esters is 2. The van der Waals surface area contributed by atoms with Gasteiger partial charge >= 0.3 is 11.9 Å². The molecule has 0 saturated carbocycles. The van der Waals surface area contributed by atoms with Gasteiger partial charge in [0.05, 0.1) is 0 Å². The van der Waals surface area contributed by atoms with Gasteiger partial charge < -0.3 is 9.47 Å². The zero-order valence-corrected chi connectivity index (χ0v) is 14.1. The molecule has 0 saturated heterocycles. The molecule has 0 aromatic heterocycles. The van der Waals surface area contributed by atoms with Crippen LogP contribution in [0.1, 0.15) is 46.5 Å². The van der Waals surface area contributed by atoms with Crippen LogP contribution in [0.4, 0.5) is 0 Å². The number of ether oxygens (including phenoxy) is 2. The Morgan fingerprint density at radius 2 is 1.61 bits per heavy atom. The van der Waals surface area contributed by atoms with Crippen molar-refractivity contribution in [1.29, 1.82) is 0 Å². The SMILES string of the molecule is C=C[C@@H](C#CC#C[C@H](/C=C\CCCCC)OC(C)=O)OC(C)=O. The van der Waals surface area contributed by atoms with E-state index in [4.69, 9.17) is 9.47 Å². The zero-order valence-electron chi connectivity index (χ0n) is 14.1. The first kappa shape index (κ1) is 20.5. The molecule has 4 heteroatoms. The van der Waals surface area contributed by atoms with Gasteiger partial charge in [0.15, 0.2) is 12.2 Å². The van der Waals surface area contributed by atoms with Crippen LogP contribution in [0.2, 0.25) is 0 Å². The molecule has 0 heterocycles. The van der Waals surface area contributed by atoms with Gasteiger partial charge in [-0.15, -0.1) is 0 Å². The number of carbonyl (C=O) groups is 2. The molecule has 0 aromatic carbocycles. The second kappa shape index (κ2) is 13.2. The number of hydrogen-bond donors (Lipinski definition) is 0.